The first-order valence-electron chi connectivity index (χ1n) is 6.49. The summed E-state index contributed by atoms with van der Waals surface area (Å²) in [5.74, 6) is -0.874. The van der Waals surface area contributed by atoms with Gasteiger partial charge in [0, 0.05) is 18.4 Å². The number of aromatic hydroxyl groups is 1. The predicted molar refractivity (Wildman–Crippen MR) is 79.8 cm³/mol. The van der Waals surface area contributed by atoms with Crippen LogP contribution in [0.2, 0.25) is 0 Å². The second-order valence-corrected chi connectivity index (χ2v) is 4.40. The summed E-state index contributed by atoms with van der Waals surface area (Å²) in [6.07, 6.45) is 1.37. The highest BCUT2D eigenvalue weighted by Crippen LogP contribution is 2.20. The molecule has 3 N–H and O–H groups in total. The van der Waals surface area contributed by atoms with E-state index in [1.165, 1.54) is 25.4 Å². The molecular formula is C15H17N3O4. The number of methoxy groups -OCH3 is 1. The number of phenolic OH excluding ortho intramolecular Hbond substituents is 1. The third-order valence-corrected chi connectivity index (χ3v) is 2.77. The number of hydrogen-bond acceptors (Lipinski definition) is 6. The van der Waals surface area contributed by atoms with Crippen molar-refractivity contribution in [3.63, 3.8) is 0 Å². The smallest absolute Gasteiger partial charge is 0.307 e. The van der Waals surface area contributed by atoms with E-state index >= 15 is 0 Å². The highest BCUT2D eigenvalue weighted by molar-refractivity contribution is 6.06. The van der Waals surface area contributed by atoms with Gasteiger partial charge in [-0.15, -0.1) is 0 Å². The molecule has 7 nitrogen and oxygen atoms in total. The Balaban J connectivity index is 2.64. The minimum atomic E-state index is -0.582. The molecule has 0 fully saturated rings. The van der Waals surface area contributed by atoms with E-state index in [1.54, 1.807) is 19.1 Å². The molecular weight excluding hydrogens is 286 g/mol. The van der Waals surface area contributed by atoms with Gasteiger partial charge in [-0.1, -0.05) is 0 Å². The summed E-state index contributed by atoms with van der Waals surface area (Å²) in [4.78, 5) is 22.9. The fourth-order valence-electron chi connectivity index (χ4n) is 1.58. The number of benzene rings is 1. The molecule has 0 bridgehead atoms. The molecule has 116 valence electrons. The average Bonchev–Trinajstić information content (AvgIpc) is 2.49. The maximum atomic E-state index is 12.0. The van der Waals surface area contributed by atoms with Crippen molar-refractivity contribution in [3.05, 3.63) is 35.5 Å². The van der Waals surface area contributed by atoms with E-state index in [1.807, 2.05) is 0 Å². The molecule has 0 aliphatic carbocycles. The third-order valence-electron chi connectivity index (χ3n) is 2.77. The fraction of sp³-hybridized carbons (Fsp3) is 0.267. The average molecular weight is 303 g/mol. The summed E-state index contributed by atoms with van der Waals surface area (Å²) in [6.45, 7) is 1.98. The van der Waals surface area contributed by atoms with Crippen LogP contribution in [-0.2, 0) is 14.3 Å². The number of carbonyl (C=O) groups excluding carboxylic acids is 2. The number of anilines is 1. The number of nitrogens with zero attached hydrogens (tertiary/aromatic N) is 1. The molecule has 1 aromatic rings. The molecule has 0 radical (unpaired) electrons. The van der Waals surface area contributed by atoms with Gasteiger partial charge in [0.1, 0.15) is 17.4 Å². The highest BCUT2D eigenvalue weighted by Gasteiger charge is 2.11. The lowest BCUT2D eigenvalue weighted by Gasteiger charge is -2.08. The molecule has 0 saturated carbocycles. The first-order chi connectivity index (χ1) is 10.5. The van der Waals surface area contributed by atoms with Gasteiger partial charge in [-0.25, -0.2) is 0 Å². The van der Waals surface area contributed by atoms with Gasteiger partial charge in [-0.05, 0) is 30.7 Å². The van der Waals surface area contributed by atoms with Crippen molar-refractivity contribution < 1.29 is 19.4 Å². The summed E-state index contributed by atoms with van der Waals surface area (Å²) in [5, 5.41) is 23.6. The molecule has 1 aromatic carbocycles. The molecule has 0 heterocycles. The Bertz CT molecular complexity index is 632. The lowest BCUT2D eigenvalue weighted by molar-refractivity contribution is -0.140. The molecule has 22 heavy (non-hydrogen) atoms. The summed E-state index contributed by atoms with van der Waals surface area (Å²) in [5.41, 5.74) is 1.04. The van der Waals surface area contributed by atoms with Crippen LogP contribution in [-0.4, -0.2) is 30.6 Å². The number of hydrogen-bond donors (Lipinski definition) is 3. The van der Waals surface area contributed by atoms with Gasteiger partial charge in [0.25, 0.3) is 5.91 Å². The van der Waals surface area contributed by atoms with Crippen molar-refractivity contribution >= 4 is 17.6 Å². The number of ether oxygens (including phenoxy) is 1. The monoisotopic (exact) mass is 303 g/mol. The maximum Gasteiger partial charge on any atom is 0.307 e. The Morgan fingerprint density at radius 3 is 2.77 bits per heavy atom. The fourth-order valence-corrected chi connectivity index (χ4v) is 1.58. The van der Waals surface area contributed by atoms with Crippen molar-refractivity contribution in [3.8, 4) is 11.8 Å². The van der Waals surface area contributed by atoms with Gasteiger partial charge in [-0.2, -0.15) is 5.26 Å². The minimum Gasteiger partial charge on any atom is -0.508 e. The largest absolute Gasteiger partial charge is 0.508 e. The number of nitriles is 1. The lowest BCUT2D eigenvalue weighted by Crippen LogP contribution is -2.19. The lowest BCUT2D eigenvalue weighted by atomic mass is 10.2. The van der Waals surface area contributed by atoms with Crippen molar-refractivity contribution in [1.82, 2.24) is 5.32 Å². The van der Waals surface area contributed by atoms with E-state index in [4.69, 9.17) is 5.26 Å². The number of esters is 1. The molecule has 0 saturated heterocycles. The van der Waals surface area contributed by atoms with Crippen LogP contribution in [0, 0.1) is 18.3 Å². The molecule has 1 rings (SSSR count). The SMILES string of the molecule is COC(=O)CCN/C=C(/C#N)C(=O)Nc1ccc(O)cc1C. The molecule has 0 unspecified atom stereocenters. The molecule has 0 aromatic heterocycles. The normalized spacial score (nSPS) is 10.5. The molecule has 0 atom stereocenters. The highest BCUT2D eigenvalue weighted by atomic mass is 16.5. The number of amides is 1. The van der Waals surface area contributed by atoms with Crippen LogP contribution in [0.1, 0.15) is 12.0 Å². The van der Waals surface area contributed by atoms with Crippen LogP contribution in [0.15, 0.2) is 30.0 Å². The van der Waals surface area contributed by atoms with Crippen LogP contribution in [0.3, 0.4) is 0 Å². The number of carbonyl (C=O) groups is 2. The number of phenols is 1. The molecule has 0 aliphatic heterocycles. The van der Waals surface area contributed by atoms with E-state index in [0.29, 0.717) is 11.3 Å². The first-order valence-corrected chi connectivity index (χ1v) is 6.49. The zero-order valence-electron chi connectivity index (χ0n) is 12.3. The zero-order chi connectivity index (χ0) is 16.5. The van der Waals surface area contributed by atoms with Crippen LogP contribution in [0.4, 0.5) is 5.69 Å². The predicted octanol–water partition coefficient (Wildman–Crippen LogP) is 1.20. The summed E-state index contributed by atoms with van der Waals surface area (Å²) in [7, 11) is 1.28. The van der Waals surface area contributed by atoms with Crippen molar-refractivity contribution in [2.45, 2.75) is 13.3 Å². The standard InChI is InChI=1S/C15H17N3O4/c1-10-7-12(19)3-4-13(10)18-15(21)11(8-16)9-17-6-5-14(20)22-2/h3-4,7,9,17,19H,5-6H2,1-2H3,(H,18,21)/b11-9-. The second kappa shape index (κ2) is 8.32. The van der Waals surface area contributed by atoms with E-state index < -0.39 is 5.91 Å². The van der Waals surface area contributed by atoms with Gasteiger partial charge in [-0.3, -0.25) is 9.59 Å². The summed E-state index contributed by atoms with van der Waals surface area (Å²) >= 11 is 0. The Labute approximate surface area is 128 Å². The van der Waals surface area contributed by atoms with Crippen molar-refractivity contribution in [2.75, 3.05) is 19.0 Å². The second-order valence-electron chi connectivity index (χ2n) is 4.40. The van der Waals surface area contributed by atoms with Crippen LogP contribution < -0.4 is 10.6 Å². The van der Waals surface area contributed by atoms with E-state index in [-0.39, 0.29) is 30.3 Å². The molecule has 1 amide bonds. The zero-order valence-corrected chi connectivity index (χ0v) is 12.3. The van der Waals surface area contributed by atoms with E-state index in [9.17, 15) is 14.7 Å². The van der Waals surface area contributed by atoms with Crippen LogP contribution >= 0.6 is 0 Å². The Morgan fingerprint density at radius 2 is 2.18 bits per heavy atom. The summed E-state index contributed by atoms with van der Waals surface area (Å²) < 4.78 is 4.47. The van der Waals surface area contributed by atoms with Crippen LogP contribution in [0.25, 0.3) is 0 Å². The molecule has 7 heteroatoms. The van der Waals surface area contributed by atoms with Gasteiger partial charge in [0.05, 0.1) is 13.5 Å². The van der Waals surface area contributed by atoms with Crippen molar-refractivity contribution in [1.29, 1.82) is 5.26 Å². The number of rotatable bonds is 6. The van der Waals surface area contributed by atoms with Crippen molar-refractivity contribution in [2.24, 2.45) is 0 Å². The Hall–Kier alpha value is -3.01. The summed E-state index contributed by atoms with van der Waals surface area (Å²) in [6, 6.07) is 6.26. The first kappa shape index (κ1) is 17.0. The van der Waals surface area contributed by atoms with E-state index in [0.717, 1.165) is 0 Å². The van der Waals surface area contributed by atoms with E-state index in [2.05, 4.69) is 15.4 Å². The van der Waals surface area contributed by atoms with Gasteiger partial charge in [0.15, 0.2) is 0 Å². The number of nitrogens with one attached hydrogen (secondary N) is 2. The van der Waals surface area contributed by atoms with Gasteiger partial charge in [0.2, 0.25) is 0 Å². The maximum absolute atomic E-state index is 12.0. The minimum absolute atomic E-state index is 0.0935. The molecule has 0 aliphatic rings. The third kappa shape index (κ3) is 5.17. The topological polar surface area (TPSA) is 111 Å². The quantitative estimate of drug-likeness (QED) is 0.239. The molecule has 0 spiro atoms. The Morgan fingerprint density at radius 1 is 1.45 bits per heavy atom. The Kier molecular flexibility index (Phi) is 6.44. The van der Waals surface area contributed by atoms with Crippen LogP contribution in [0.5, 0.6) is 5.75 Å². The van der Waals surface area contributed by atoms with Gasteiger partial charge >= 0.3 is 5.97 Å². The number of aryl methyl sites for hydroxylation is 1. The van der Waals surface area contributed by atoms with Gasteiger partial charge < -0.3 is 20.5 Å².